The van der Waals surface area contributed by atoms with Crippen LogP contribution in [0, 0.1) is 0 Å². The molecule has 2 saturated carbocycles. The molecule has 2 aromatic heterocycles. The van der Waals surface area contributed by atoms with Gasteiger partial charge in [-0.2, -0.15) is 0 Å². The molecular weight excluding hydrogens is 456 g/mol. The Labute approximate surface area is 208 Å². The van der Waals surface area contributed by atoms with Crippen LogP contribution in [-0.4, -0.2) is 19.9 Å². The molecule has 34 heavy (non-hydrogen) atoms. The van der Waals surface area contributed by atoms with Gasteiger partial charge in [0.15, 0.2) is 0 Å². The third-order valence-electron chi connectivity index (χ3n) is 7.62. The van der Waals surface area contributed by atoms with Gasteiger partial charge in [-0.1, -0.05) is 61.3 Å². The maximum atomic E-state index is 4.72. The highest BCUT2D eigenvalue weighted by atomic mass is 32.2. The molecule has 2 aliphatic carbocycles. The number of nitrogens with zero attached hydrogens (tertiary/aromatic N) is 2. The summed E-state index contributed by atoms with van der Waals surface area (Å²) in [5.74, 6) is 3.55. The molecule has 0 radical (unpaired) electrons. The van der Waals surface area contributed by atoms with E-state index in [-0.39, 0.29) is 0 Å². The van der Waals surface area contributed by atoms with Gasteiger partial charge in [-0.05, 0) is 49.9 Å². The van der Waals surface area contributed by atoms with Crippen molar-refractivity contribution in [3.05, 3.63) is 60.4 Å². The minimum atomic E-state index is 0.610. The zero-order valence-corrected chi connectivity index (χ0v) is 20.8. The van der Waals surface area contributed by atoms with Gasteiger partial charge in [0.25, 0.3) is 0 Å². The molecule has 4 aromatic rings. The summed E-state index contributed by atoms with van der Waals surface area (Å²) in [4.78, 5) is 22.0. The van der Waals surface area contributed by atoms with E-state index >= 15 is 0 Å². The minimum absolute atomic E-state index is 0.610. The quantitative estimate of drug-likeness (QED) is 0.269. The molecule has 3 heterocycles. The molecule has 3 aliphatic rings. The molecule has 0 saturated heterocycles. The first-order valence-electron chi connectivity index (χ1n) is 12.5. The van der Waals surface area contributed by atoms with E-state index in [4.69, 9.17) is 9.97 Å². The van der Waals surface area contributed by atoms with Crippen LogP contribution < -0.4 is 0 Å². The van der Waals surface area contributed by atoms with E-state index in [1.54, 1.807) is 0 Å². The van der Waals surface area contributed by atoms with Crippen molar-refractivity contribution < 1.29 is 0 Å². The van der Waals surface area contributed by atoms with Crippen LogP contribution in [0.5, 0.6) is 0 Å². The average molecular weight is 485 g/mol. The second-order valence-corrected chi connectivity index (χ2v) is 12.0. The second kappa shape index (κ2) is 8.65. The molecule has 0 spiro atoms. The number of H-pyrrole nitrogens is 2. The van der Waals surface area contributed by atoms with Crippen molar-refractivity contribution in [2.45, 2.75) is 82.8 Å². The number of fused-ring (bicyclic) bond motifs is 2. The molecule has 7 rings (SSSR count). The number of benzene rings is 2. The van der Waals surface area contributed by atoms with Crippen LogP contribution in [0.3, 0.4) is 0 Å². The van der Waals surface area contributed by atoms with Crippen LogP contribution in [0.25, 0.3) is 22.5 Å². The third-order valence-corrected chi connectivity index (χ3v) is 10.1. The zero-order valence-electron chi connectivity index (χ0n) is 19.1. The molecule has 4 nitrogen and oxygen atoms in total. The van der Waals surface area contributed by atoms with Crippen LogP contribution >= 0.6 is 23.5 Å². The van der Waals surface area contributed by atoms with E-state index in [2.05, 4.69) is 46.4 Å². The van der Waals surface area contributed by atoms with Gasteiger partial charge in [0.1, 0.15) is 11.6 Å². The predicted octanol–water partition coefficient (Wildman–Crippen LogP) is 8.40. The first kappa shape index (κ1) is 20.9. The Balaban J connectivity index is 1.15. The molecule has 6 heteroatoms. The summed E-state index contributed by atoms with van der Waals surface area (Å²) in [6, 6.07) is 13.6. The molecule has 0 bridgehead atoms. The van der Waals surface area contributed by atoms with Crippen molar-refractivity contribution in [2.75, 3.05) is 0 Å². The number of aromatic nitrogens is 4. The van der Waals surface area contributed by atoms with Crippen molar-refractivity contribution in [1.82, 2.24) is 19.9 Å². The van der Waals surface area contributed by atoms with Crippen LogP contribution in [0.2, 0.25) is 0 Å². The molecule has 2 N–H and O–H groups in total. The van der Waals surface area contributed by atoms with Crippen LogP contribution in [0.15, 0.2) is 68.4 Å². The lowest BCUT2D eigenvalue weighted by Crippen LogP contribution is -1.95. The number of hydrogen-bond acceptors (Lipinski definition) is 4. The van der Waals surface area contributed by atoms with E-state index in [9.17, 15) is 0 Å². The van der Waals surface area contributed by atoms with Gasteiger partial charge in [-0.3, -0.25) is 0 Å². The fourth-order valence-electron chi connectivity index (χ4n) is 5.70. The molecule has 0 unspecified atom stereocenters. The van der Waals surface area contributed by atoms with Crippen molar-refractivity contribution >= 4 is 23.5 Å². The van der Waals surface area contributed by atoms with Gasteiger partial charge < -0.3 is 9.97 Å². The van der Waals surface area contributed by atoms with Crippen LogP contribution in [0.4, 0.5) is 0 Å². The van der Waals surface area contributed by atoms with E-state index in [0.29, 0.717) is 11.8 Å². The highest BCUT2D eigenvalue weighted by Gasteiger charge is 2.23. The highest BCUT2D eigenvalue weighted by molar-refractivity contribution is 8.05. The summed E-state index contributed by atoms with van der Waals surface area (Å²) in [5.41, 5.74) is 4.70. The Morgan fingerprint density at radius 1 is 0.588 bits per heavy atom. The molecule has 2 aromatic carbocycles. The van der Waals surface area contributed by atoms with E-state index in [1.165, 1.54) is 93.7 Å². The van der Waals surface area contributed by atoms with Gasteiger partial charge in [0.05, 0.1) is 23.8 Å². The largest absolute Gasteiger partial charge is 0.342 e. The van der Waals surface area contributed by atoms with Crippen molar-refractivity contribution in [3.63, 3.8) is 0 Å². The number of nitrogens with one attached hydrogen (secondary N) is 2. The maximum Gasteiger partial charge on any atom is 0.109 e. The van der Waals surface area contributed by atoms with Gasteiger partial charge in [-0.25, -0.2) is 9.97 Å². The molecule has 2 fully saturated rings. The maximum absolute atomic E-state index is 4.72. The molecular formula is C28H28N4S2. The van der Waals surface area contributed by atoms with Crippen molar-refractivity contribution in [2.24, 2.45) is 0 Å². The van der Waals surface area contributed by atoms with Gasteiger partial charge in [0, 0.05) is 42.5 Å². The molecule has 0 amide bonds. The Morgan fingerprint density at radius 3 is 1.50 bits per heavy atom. The van der Waals surface area contributed by atoms with Crippen molar-refractivity contribution in [1.29, 1.82) is 0 Å². The smallest absolute Gasteiger partial charge is 0.109 e. The average Bonchev–Trinajstić information content (AvgIpc) is 3.68. The minimum Gasteiger partial charge on any atom is -0.342 e. The SMILES string of the molecule is c1cc2c(cc1-c1cnc(C3CCCC3)[nH]1)Sc1cc(-c3cnc(C4CCCC4)[nH]3)ccc1S2. The summed E-state index contributed by atoms with van der Waals surface area (Å²) >= 11 is 3.74. The normalized spacial score (nSPS) is 18.4. The molecule has 1 aliphatic heterocycles. The fraction of sp³-hybridized carbons (Fsp3) is 0.357. The van der Waals surface area contributed by atoms with Gasteiger partial charge >= 0.3 is 0 Å². The number of rotatable bonds is 4. The van der Waals surface area contributed by atoms with Crippen LogP contribution in [0.1, 0.15) is 74.9 Å². The standard InChI is InChI=1S/C28H28N4S2/c1-2-6-17(5-1)27-29-15-21(31-27)19-9-11-23-25(13-19)34-26-14-20(10-12-24(26)33-23)22-16-30-28(32-22)18-7-3-4-8-18/h9-18H,1-8H2,(H,29,31)(H,30,32). The number of hydrogen-bond donors (Lipinski definition) is 2. The zero-order chi connectivity index (χ0) is 22.5. The number of aromatic amines is 2. The summed E-state index contributed by atoms with van der Waals surface area (Å²) < 4.78 is 0. The van der Waals surface area contributed by atoms with E-state index in [1.807, 2.05) is 35.9 Å². The van der Waals surface area contributed by atoms with Gasteiger partial charge in [-0.15, -0.1) is 0 Å². The summed E-state index contributed by atoms with van der Waals surface area (Å²) in [6.07, 6.45) is 14.4. The summed E-state index contributed by atoms with van der Waals surface area (Å²) in [7, 11) is 0. The molecule has 0 atom stereocenters. The molecule has 172 valence electrons. The Kier molecular flexibility index (Phi) is 5.32. The Hall–Kier alpha value is -2.44. The Bertz CT molecular complexity index is 1240. The summed E-state index contributed by atoms with van der Waals surface area (Å²) in [6.45, 7) is 0. The highest BCUT2D eigenvalue weighted by Crippen LogP contribution is 2.50. The second-order valence-electron chi connectivity index (χ2n) is 9.85. The third kappa shape index (κ3) is 3.81. The lowest BCUT2D eigenvalue weighted by Gasteiger charge is -2.19. The van der Waals surface area contributed by atoms with Crippen LogP contribution in [-0.2, 0) is 0 Å². The van der Waals surface area contributed by atoms with E-state index < -0.39 is 0 Å². The lowest BCUT2D eigenvalue weighted by atomic mass is 10.1. The Morgan fingerprint density at radius 2 is 1.03 bits per heavy atom. The van der Waals surface area contributed by atoms with E-state index in [0.717, 1.165) is 11.4 Å². The summed E-state index contributed by atoms with van der Waals surface area (Å²) in [5, 5.41) is 0. The fourth-order valence-corrected chi connectivity index (χ4v) is 7.97. The topological polar surface area (TPSA) is 57.4 Å². The number of imidazole rings is 2. The monoisotopic (exact) mass is 484 g/mol. The van der Waals surface area contributed by atoms with Crippen molar-refractivity contribution in [3.8, 4) is 22.5 Å². The predicted molar refractivity (Wildman–Crippen MR) is 139 cm³/mol. The first-order chi connectivity index (χ1) is 16.8. The first-order valence-corrected chi connectivity index (χ1v) is 14.2. The van der Waals surface area contributed by atoms with Gasteiger partial charge in [0.2, 0.25) is 0 Å². The lowest BCUT2D eigenvalue weighted by molar-refractivity contribution is 0.679.